The van der Waals surface area contributed by atoms with E-state index in [-0.39, 0.29) is 18.0 Å². The first-order valence-corrected chi connectivity index (χ1v) is 5.12. The van der Waals surface area contributed by atoms with E-state index in [1.54, 1.807) is 0 Å². The van der Waals surface area contributed by atoms with E-state index in [1.807, 2.05) is 6.92 Å². The Hall–Kier alpha value is -1.01. The van der Waals surface area contributed by atoms with E-state index in [0.717, 1.165) is 0 Å². The number of hydrogen-bond donors (Lipinski definition) is 2. The Morgan fingerprint density at radius 2 is 2.36 bits per heavy atom. The molecule has 0 aromatic rings. The summed E-state index contributed by atoms with van der Waals surface area (Å²) in [5.74, 6) is 3.11. The normalized spacial score (nSPS) is 19.5. The molecule has 1 aliphatic rings. The van der Waals surface area contributed by atoms with Gasteiger partial charge in [-0.3, -0.25) is 4.79 Å². The number of nitrogens with one attached hydrogen (secondary N) is 1. The number of amides is 1. The molecule has 3 N–H and O–H groups in total. The molecule has 0 saturated heterocycles. The summed E-state index contributed by atoms with van der Waals surface area (Å²) in [4.78, 5) is 11.4. The van der Waals surface area contributed by atoms with Crippen LogP contribution in [0.5, 0.6) is 0 Å². The van der Waals surface area contributed by atoms with Gasteiger partial charge in [0.1, 0.15) is 0 Å². The molecule has 3 nitrogen and oxygen atoms in total. The Bertz CT molecular complexity index is 240. The van der Waals surface area contributed by atoms with Crippen molar-refractivity contribution in [1.29, 1.82) is 0 Å². The third kappa shape index (κ3) is 3.80. The van der Waals surface area contributed by atoms with E-state index in [2.05, 4.69) is 11.2 Å². The van der Waals surface area contributed by atoms with E-state index in [9.17, 15) is 4.79 Å². The lowest BCUT2D eigenvalue weighted by Gasteiger charge is -2.13. The Balaban J connectivity index is 2.17. The van der Waals surface area contributed by atoms with Gasteiger partial charge < -0.3 is 11.1 Å². The maximum Gasteiger partial charge on any atom is 0.221 e. The summed E-state index contributed by atoms with van der Waals surface area (Å²) in [7, 11) is 0. The smallest absolute Gasteiger partial charge is 0.221 e. The first kappa shape index (κ1) is 11.1. The largest absolute Gasteiger partial charge is 0.353 e. The first-order valence-electron chi connectivity index (χ1n) is 5.12. The minimum absolute atomic E-state index is 0.0205. The summed E-state index contributed by atoms with van der Waals surface area (Å²) in [6.45, 7) is 1.90. The predicted octanol–water partition coefficient (Wildman–Crippen LogP) is 0.642. The average molecular weight is 194 g/mol. The van der Waals surface area contributed by atoms with Gasteiger partial charge in [0, 0.05) is 24.9 Å². The van der Waals surface area contributed by atoms with Gasteiger partial charge in [0.25, 0.3) is 0 Å². The van der Waals surface area contributed by atoms with Gasteiger partial charge in [-0.05, 0) is 25.7 Å². The zero-order valence-electron chi connectivity index (χ0n) is 8.62. The van der Waals surface area contributed by atoms with Crippen molar-refractivity contribution in [2.24, 2.45) is 11.7 Å². The monoisotopic (exact) mass is 194 g/mol. The minimum Gasteiger partial charge on any atom is -0.353 e. The molecule has 2 atom stereocenters. The second-order valence-corrected chi connectivity index (χ2v) is 4.08. The SMILES string of the molecule is C#CCC(C)NC(=O)CC(N)C1CC1. The maximum atomic E-state index is 11.4. The van der Waals surface area contributed by atoms with Crippen molar-refractivity contribution in [2.45, 2.75) is 44.7 Å². The molecule has 0 aliphatic heterocycles. The fourth-order valence-electron chi connectivity index (χ4n) is 1.47. The van der Waals surface area contributed by atoms with Crippen LogP contribution in [0.1, 0.15) is 32.6 Å². The van der Waals surface area contributed by atoms with Crippen LogP contribution < -0.4 is 11.1 Å². The van der Waals surface area contributed by atoms with Gasteiger partial charge in [0.2, 0.25) is 5.91 Å². The first-order chi connectivity index (χ1) is 6.63. The molecular formula is C11H18N2O. The second-order valence-electron chi connectivity index (χ2n) is 4.08. The maximum absolute atomic E-state index is 11.4. The number of hydrogen-bond acceptors (Lipinski definition) is 2. The van der Waals surface area contributed by atoms with Crippen molar-refractivity contribution in [2.75, 3.05) is 0 Å². The highest BCUT2D eigenvalue weighted by Gasteiger charge is 2.29. The summed E-state index contributed by atoms with van der Waals surface area (Å²) in [6, 6.07) is 0.0898. The molecule has 0 aromatic carbocycles. The lowest BCUT2D eigenvalue weighted by Crippen LogP contribution is -2.37. The molecule has 14 heavy (non-hydrogen) atoms. The summed E-state index contributed by atoms with van der Waals surface area (Å²) in [5.41, 5.74) is 5.83. The van der Waals surface area contributed by atoms with E-state index in [1.165, 1.54) is 12.8 Å². The summed E-state index contributed by atoms with van der Waals surface area (Å²) >= 11 is 0. The summed E-state index contributed by atoms with van der Waals surface area (Å²) < 4.78 is 0. The van der Waals surface area contributed by atoms with Crippen molar-refractivity contribution in [1.82, 2.24) is 5.32 Å². The fourth-order valence-corrected chi connectivity index (χ4v) is 1.47. The van der Waals surface area contributed by atoms with Crippen LogP contribution in [0, 0.1) is 18.3 Å². The highest BCUT2D eigenvalue weighted by Crippen LogP contribution is 2.32. The second kappa shape index (κ2) is 5.02. The van der Waals surface area contributed by atoms with Crippen LogP contribution in [-0.4, -0.2) is 18.0 Å². The number of carbonyl (C=O) groups excluding carboxylic acids is 1. The predicted molar refractivity (Wildman–Crippen MR) is 56.4 cm³/mol. The molecule has 2 unspecified atom stereocenters. The van der Waals surface area contributed by atoms with Gasteiger partial charge in [-0.15, -0.1) is 12.3 Å². The molecule has 3 heteroatoms. The van der Waals surface area contributed by atoms with Gasteiger partial charge >= 0.3 is 0 Å². The number of rotatable bonds is 5. The Labute approximate surface area is 85.4 Å². The van der Waals surface area contributed by atoms with Crippen molar-refractivity contribution >= 4 is 5.91 Å². The van der Waals surface area contributed by atoms with Crippen molar-refractivity contribution in [3.05, 3.63) is 0 Å². The van der Waals surface area contributed by atoms with Gasteiger partial charge in [0.05, 0.1) is 0 Å². The van der Waals surface area contributed by atoms with Crippen LogP contribution in [0.2, 0.25) is 0 Å². The molecule has 0 radical (unpaired) electrons. The van der Waals surface area contributed by atoms with Gasteiger partial charge in [0.15, 0.2) is 0 Å². The topological polar surface area (TPSA) is 55.1 Å². The van der Waals surface area contributed by atoms with Crippen LogP contribution in [0.4, 0.5) is 0 Å². The number of nitrogens with two attached hydrogens (primary N) is 1. The van der Waals surface area contributed by atoms with E-state index >= 15 is 0 Å². The van der Waals surface area contributed by atoms with E-state index in [4.69, 9.17) is 12.2 Å². The van der Waals surface area contributed by atoms with Crippen LogP contribution in [0.15, 0.2) is 0 Å². The molecule has 78 valence electrons. The number of carbonyl (C=O) groups is 1. The van der Waals surface area contributed by atoms with E-state index < -0.39 is 0 Å². The van der Waals surface area contributed by atoms with Gasteiger partial charge in [-0.1, -0.05) is 0 Å². The minimum atomic E-state index is 0.0205. The lowest BCUT2D eigenvalue weighted by molar-refractivity contribution is -0.122. The Kier molecular flexibility index (Phi) is 3.97. The number of terminal acetylenes is 1. The molecule has 0 aromatic heterocycles. The van der Waals surface area contributed by atoms with Crippen LogP contribution in [-0.2, 0) is 4.79 Å². The Morgan fingerprint density at radius 1 is 1.71 bits per heavy atom. The van der Waals surface area contributed by atoms with Crippen LogP contribution in [0.3, 0.4) is 0 Å². The van der Waals surface area contributed by atoms with Gasteiger partial charge in [-0.2, -0.15) is 0 Å². The zero-order valence-corrected chi connectivity index (χ0v) is 8.62. The highest BCUT2D eigenvalue weighted by molar-refractivity contribution is 5.76. The molecular weight excluding hydrogens is 176 g/mol. The Morgan fingerprint density at radius 3 is 2.86 bits per heavy atom. The molecule has 0 heterocycles. The molecule has 0 spiro atoms. The molecule has 1 saturated carbocycles. The van der Waals surface area contributed by atoms with E-state index in [0.29, 0.717) is 18.8 Å². The standard InChI is InChI=1S/C11H18N2O/c1-3-4-8(2)13-11(14)7-10(12)9-5-6-9/h1,8-10H,4-7,12H2,2H3,(H,13,14). The quantitative estimate of drug-likeness (QED) is 0.631. The van der Waals surface area contributed by atoms with Crippen LogP contribution in [0.25, 0.3) is 0 Å². The average Bonchev–Trinajstić information content (AvgIpc) is 2.85. The summed E-state index contributed by atoms with van der Waals surface area (Å²) in [6.07, 6.45) is 8.49. The molecule has 1 amide bonds. The zero-order chi connectivity index (χ0) is 10.6. The molecule has 1 fully saturated rings. The molecule has 0 bridgehead atoms. The summed E-state index contributed by atoms with van der Waals surface area (Å²) in [5, 5.41) is 2.83. The highest BCUT2D eigenvalue weighted by atomic mass is 16.1. The lowest BCUT2D eigenvalue weighted by atomic mass is 10.1. The molecule has 1 rings (SSSR count). The van der Waals surface area contributed by atoms with Crippen molar-refractivity contribution in [3.8, 4) is 12.3 Å². The third-order valence-corrected chi connectivity index (χ3v) is 2.48. The van der Waals surface area contributed by atoms with Crippen molar-refractivity contribution in [3.63, 3.8) is 0 Å². The molecule has 1 aliphatic carbocycles. The fraction of sp³-hybridized carbons (Fsp3) is 0.727. The third-order valence-electron chi connectivity index (χ3n) is 2.48. The van der Waals surface area contributed by atoms with Crippen LogP contribution >= 0.6 is 0 Å². The van der Waals surface area contributed by atoms with Gasteiger partial charge in [-0.25, -0.2) is 0 Å². The van der Waals surface area contributed by atoms with Crippen molar-refractivity contribution < 1.29 is 4.79 Å².